The van der Waals surface area contributed by atoms with Gasteiger partial charge in [0, 0.05) is 48.1 Å². The lowest BCUT2D eigenvalue weighted by Crippen LogP contribution is -2.37. The van der Waals surface area contributed by atoms with E-state index in [9.17, 15) is 19.2 Å². The number of aromatic amines is 2. The summed E-state index contributed by atoms with van der Waals surface area (Å²) < 4.78 is 4.82. The highest BCUT2D eigenvalue weighted by molar-refractivity contribution is 5.90. The van der Waals surface area contributed by atoms with Gasteiger partial charge >= 0.3 is 5.97 Å². The van der Waals surface area contributed by atoms with Crippen LogP contribution in [0, 0.1) is 0 Å². The van der Waals surface area contributed by atoms with E-state index < -0.39 is 6.04 Å². The highest BCUT2D eigenvalue weighted by atomic mass is 16.5. The standard InChI is InChI=1S/C17H20N2O2.C16H18N2O3/c20-16-9-4-8-15(16)19-17(21)10-3-6-13-11-12-5-1-2-7-14(12)18-13;19-15(18-14-8-9-21-16(14)20)7-3-5-12-10-11-4-1-2-6-13(11)17-12/h1-2,5,7,11,15,18H,3-4,6,8-10H2,(H,19,21);1-2,4,6,10,14,17H,3,5,7-9H2,(H,18,19)/t;14-/m.1/s1. The Bertz CT molecular complexity index is 1370. The van der Waals surface area contributed by atoms with Crippen LogP contribution in [0.4, 0.5) is 0 Å². The lowest BCUT2D eigenvalue weighted by molar-refractivity contribution is -0.141. The monoisotopic (exact) mass is 570 g/mol. The fraction of sp³-hybridized carbons (Fsp3) is 0.394. The number of aryl methyl sites for hydroxylation is 2. The molecule has 0 spiro atoms. The summed E-state index contributed by atoms with van der Waals surface area (Å²) in [6.07, 6.45) is 6.98. The second kappa shape index (κ2) is 14.0. The van der Waals surface area contributed by atoms with E-state index in [2.05, 4.69) is 50.9 Å². The zero-order valence-electron chi connectivity index (χ0n) is 23.7. The number of carbonyl (C=O) groups excluding carboxylic acids is 4. The van der Waals surface area contributed by atoms with Crippen molar-refractivity contribution in [1.82, 2.24) is 20.6 Å². The number of hydrogen-bond acceptors (Lipinski definition) is 5. The molecule has 42 heavy (non-hydrogen) atoms. The molecule has 220 valence electrons. The topological polar surface area (TPSA) is 133 Å². The molecule has 4 aromatic rings. The smallest absolute Gasteiger partial charge is 0.328 e. The van der Waals surface area contributed by atoms with Crippen molar-refractivity contribution in [2.75, 3.05) is 6.61 Å². The Kier molecular flexibility index (Phi) is 9.69. The maximum absolute atomic E-state index is 11.8. The lowest BCUT2D eigenvalue weighted by atomic mass is 10.1. The number of aromatic nitrogens is 2. The minimum atomic E-state index is -0.453. The van der Waals surface area contributed by atoms with E-state index in [1.54, 1.807) is 0 Å². The molecule has 1 aliphatic heterocycles. The minimum absolute atomic E-state index is 0.00800. The van der Waals surface area contributed by atoms with Gasteiger partial charge in [0.05, 0.1) is 12.6 Å². The van der Waals surface area contributed by atoms with Crippen LogP contribution in [0.25, 0.3) is 21.8 Å². The van der Waals surface area contributed by atoms with Crippen LogP contribution in [0.1, 0.15) is 62.8 Å². The molecule has 2 fully saturated rings. The molecule has 9 heteroatoms. The highest BCUT2D eigenvalue weighted by Gasteiger charge is 2.27. The normalized spacial score (nSPS) is 18.1. The Morgan fingerprint density at radius 2 is 1.31 bits per heavy atom. The largest absolute Gasteiger partial charge is 0.464 e. The summed E-state index contributed by atoms with van der Waals surface area (Å²) in [6, 6.07) is 19.8. The molecule has 2 aromatic heterocycles. The van der Waals surface area contributed by atoms with Gasteiger partial charge in [0.15, 0.2) is 5.78 Å². The summed E-state index contributed by atoms with van der Waals surface area (Å²) in [6.45, 7) is 0.402. The quantitative estimate of drug-likeness (QED) is 0.206. The van der Waals surface area contributed by atoms with E-state index in [-0.39, 0.29) is 29.6 Å². The molecule has 9 nitrogen and oxygen atoms in total. The predicted molar refractivity (Wildman–Crippen MR) is 161 cm³/mol. The third-order valence-electron chi connectivity index (χ3n) is 7.78. The average Bonchev–Trinajstić information content (AvgIpc) is 3.77. The van der Waals surface area contributed by atoms with Crippen LogP contribution in [0.15, 0.2) is 60.7 Å². The van der Waals surface area contributed by atoms with Crippen molar-refractivity contribution in [2.24, 2.45) is 0 Å². The second-order valence-electron chi connectivity index (χ2n) is 11.0. The van der Waals surface area contributed by atoms with E-state index in [1.165, 1.54) is 10.8 Å². The van der Waals surface area contributed by atoms with Gasteiger partial charge in [-0.3, -0.25) is 14.4 Å². The van der Waals surface area contributed by atoms with Crippen molar-refractivity contribution in [2.45, 2.75) is 76.3 Å². The van der Waals surface area contributed by atoms with Gasteiger partial charge < -0.3 is 25.3 Å². The second-order valence-corrected chi connectivity index (χ2v) is 11.0. The number of fused-ring (bicyclic) bond motifs is 2. The molecule has 0 bridgehead atoms. The van der Waals surface area contributed by atoms with E-state index in [0.29, 0.717) is 32.3 Å². The number of nitrogens with one attached hydrogen (secondary N) is 4. The first-order chi connectivity index (χ1) is 20.4. The molecule has 2 aromatic carbocycles. The molecule has 2 atom stereocenters. The van der Waals surface area contributed by atoms with Crippen LogP contribution < -0.4 is 10.6 Å². The van der Waals surface area contributed by atoms with Crippen LogP contribution in [-0.4, -0.2) is 52.2 Å². The van der Waals surface area contributed by atoms with Crippen molar-refractivity contribution < 1.29 is 23.9 Å². The van der Waals surface area contributed by atoms with E-state index >= 15 is 0 Å². The van der Waals surface area contributed by atoms with E-state index in [1.807, 2.05) is 30.3 Å². The first-order valence-corrected chi connectivity index (χ1v) is 14.9. The van der Waals surface area contributed by atoms with Crippen LogP contribution >= 0.6 is 0 Å². The first kappa shape index (κ1) is 29.1. The third kappa shape index (κ3) is 7.87. The molecule has 6 rings (SSSR count). The summed E-state index contributed by atoms with van der Waals surface area (Å²) in [7, 11) is 0. The number of hydrogen-bond donors (Lipinski definition) is 4. The van der Waals surface area contributed by atoms with Crippen molar-refractivity contribution in [3.8, 4) is 0 Å². The third-order valence-corrected chi connectivity index (χ3v) is 7.78. The van der Waals surface area contributed by atoms with E-state index in [4.69, 9.17) is 4.74 Å². The SMILES string of the molecule is O=C(CCCc1cc2ccccc2[nH]1)NC1CCCC1=O.O=C(CCCc1cc2ccccc2[nH]1)N[C@@H]1CCOC1=O. The maximum atomic E-state index is 11.8. The molecule has 3 heterocycles. The Balaban J connectivity index is 0.000000168. The first-order valence-electron chi connectivity index (χ1n) is 14.9. The Labute approximate surface area is 244 Å². The van der Waals surface area contributed by atoms with Gasteiger partial charge in [-0.1, -0.05) is 36.4 Å². The molecule has 1 saturated heterocycles. The predicted octanol–water partition coefficient (Wildman–Crippen LogP) is 4.65. The van der Waals surface area contributed by atoms with Gasteiger partial charge in [0.2, 0.25) is 11.8 Å². The van der Waals surface area contributed by atoms with Gasteiger partial charge in [0.25, 0.3) is 0 Å². The molecule has 2 amide bonds. The number of esters is 1. The van der Waals surface area contributed by atoms with E-state index in [0.717, 1.165) is 60.9 Å². The Hall–Kier alpha value is -4.40. The van der Waals surface area contributed by atoms with Gasteiger partial charge in [-0.2, -0.15) is 0 Å². The summed E-state index contributed by atoms with van der Waals surface area (Å²) in [4.78, 5) is 53.1. The van der Waals surface area contributed by atoms with Gasteiger partial charge in [-0.15, -0.1) is 0 Å². The fourth-order valence-electron chi connectivity index (χ4n) is 5.54. The summed E-state index contributed by atoms with van der Waals surface area (Å²) in [5.41, 5.74) is 4.53. The highest BCUT2D eigenvalue weighted by Crippen LogP contribution is 2.18. The van der Waals surface area contributed by atoms with Crippen LogP contribution in [0.3, 0.4) is 0 Å². The van der Waals surface area contributed by atoms with Crippen molar-refractivity contribution in [3.05, 3.63) is 72.1 Å². The molecule has 0 radical (unpaired) electrons. The number of amides is 2. The summed E-state index contributed by atoms with van der Waals surface area (Å²) in [5.74, 6) is -0.237. The molecular formula is C33H38N4O5. The summed E-state index contributed by atoms with van der Waals surface area (Å²) in [5, 5.41) is 7.95. The van der Waals surface area contributed by atoms with Gasteiger partial charge in [-0.25, -0.2) is 4.79 Å². The van der Waals surface area contributed by atoms with Crippen LogP contribution in [0.5, 0.6) is 0 Å². The minimum Gasteiger partial charge on any atom is -0.464 e. The van der Waals surface area contributed by atoms with Crippen molar-refractivity contribution in [3.63, 3.8) is 0 Å². The maximum Gasteiger partial charge on any atom is 0.328 e. The Morgan fingerprint density at radius 1 is 0.762 bits per heavy atom. The summed E-state index contributed by atoms with van der Waals surface area (Å²) >= 11 is 0. The lowest BCUT2D eigenvalue weighted by Gasteiger charge is -2.10. The number of cyclic esters (lactones) is 1. The number of rotatable bonds is 10. The van der Waals surface area contributed by atoms with Crippen LogP contribution in [-0.2, 0) is 36.8 Å². The molecule has 1 unspecified atom stereocenters. The van der Waals surface area contributed by atoms with Gasteiger partial charge in [0.1, 0.15) is 6.04 Å². The molecule has 1 aliphatic carbocycles. The molecular weight excluding hydrogens is 532 g/mol. The zero-order valence-corrected chi connectivity index (χ0v) is 23.7. The zero-order chi connectivity index (χ0) is 29.3. The number of ether oxygens (including phenoxy) is 1. The molecule has 1 saturated carbocycles. The van der Waals surface area contributed by atoms with Gasteiger partial charge in [-0.05, 0) is 73.6 Å². The van der Waals surface area contributed by atoms with Crippen LogP contribution in [0.2, 0.25) is 0 Å². The number of ketones is 1. The number of H-pyrrole nitrogens is 2. The number of benzene rings is 2. The molecule has 2 aliphatic rings. The van der Waals surface area contributed by atoms with Crippen molar-refractivity contribution >= 4 is 45.4 Å². The van der Waals surface area contributed by atoms with Crippen molar-refractivity contribution in [1.29, 1.82) is 0 Å². The molecule has 4 N–H and O–H groups in total. The number of Topliss-reactive ketones (excluding diaryl/α,β-unsaturated/α-hetero) is 1. The number of carbonyl (C=O) groups is 4. The number of para-hydroxylation sites is 2. The fourth-order valence-corrected chi connectivity index (χ4v) is 5.54. The average molecular weight is 571 g/mol. The Morgan fingerprint density at radius 3 is 1.79 bits per heavy atom.